The van der Waals surface area contributed by atoms with Crippen molar-refractivity contribution in [3.8, 4) is 5.75 Å². The Bertz CT molecular complexity index is 448. The highest BCUT2D eigenvalue weighted by atomic mass is 32.2. The predicted octanol–water partition coefficient (Wildman–Crippen LogP) is 3.40. The molecule has 4 heteroatoms. The minimum absolute atomic E-state index is 0.119. The third kappa shape index (κ3) is 2.78. The summed E-state index contributed by atoms with van der Waals surface area (Å²) in [4.78, 5) is 2.17. The van der Waals surface area contributed by atoms with Crippen molar-refractivity contribution >= 4 is 23.1 Å². The molecule has 1 aromatic heterocycles. The average Bonchev–Trinajstić information content (AvgIpc) is 2.78. The van der Waals surface area contributed by atoms with Gasteiger partial charge in [0.05, 0.1) is 17.9 Å². The lowest BCUT2D eigenvalue weighted by atomic mass is 10.3. The average molecular weight is 252 g/mol. The first-order valence-corrected chi connectivity index (χ1v) is 6.46. The molecule has 1 N–H and O–H groups in total. The zero-order valence-electron chi connectivity index (χ0n) is 8.84. The topological polar surface area (TPSA) is 29.5 Å². The molecular formula is C12H12O2S2. The smallest absolute Gasteiger partial charge is 0.118 e. The molecule has 84 valence electrons. The van der Waals surface area contributed by atoms with Gasteiger partial charge >= 0.3 is 0 Å². The summed E-state index contributed by atoms with van der Waals surface area (Å²) in [6.07, 6.45) is 0. The molecule has 0 fully saturated rings. The van der Waals surface area contributed by atoms with E-state index in [1.807, 2.05) is 36.4 Å². The van der Waals surface area contributed by atoms with E-state index >= 15 is 0 Å². The van der Waals surface area contributed by atoms with Gasteiger partial charge in [0.2, 0.25) is 0 Å². The van der Waals surface area contributed by atoms with Gasteiger partial charge in [0.25, 0.3) is 0 Å². The summed E-state index contributed by atoms with van der Waals surface area (Å²) >= 11 is 3.31. The predicted molar refractivity (Wildman–Crippen MR) is 67.4 cm³/mol. The van der Waals surface area contributed by atoms with Gasteiger partial charge in [0.1, 0.15) is 5.75 Å². The van der Waals surface area contributed by atoms with Crippen molar-refractivity contribution in [2.45, 2.75) is 15.7 Å². The normalized spacial score (nSPS) is 10.4. The van der Waals surface area contributed by atoms with Crippen LogP contribution in [0.4, 0.5) is 0 Å². The van der Waals surface area contributed by atoms with Gasteiger partial charge < -0.3 is 9.84 Å². The van der Waals surface area contributed by atoms with Crippen LogP contribution in [0.2, 0.25) is 0 Å². The number of hydrogen-bond acceptors (Lipinski definition) is 4. The van der Waals surface area contributed by atoms with E-state index in [4.69, 9.17) is 9.84 Å². The minimum Gasteiger partial charge on any atom is -0.497 e. The Kier molecular flexibility index (Phi) is 3.88. The van der Waals surface area contributed by atoms with Crippen LogP contribution < -0.4 is 4.74 Å². The van der Waals surface area contributed by atoms with Crippen molar-refractivity contribution < 1.29 is 9.84 Å². The largest absolute Gasteiger partial charge is 0.497 e. The van der Waals surface area contributed by atoms with E-state index in [9.17, 15) is 0 Å². The van der Waals surface area contributed by atoms with Crippen molar-refractivity contribution in [1.29, 1.82) is 0 Å². The summed E-state index contributed by atoms with van der Waals surface area (Å²) in [5, 5.41) is 8.97. The van der Waals surface area contributed by atoms with Crippen LogP contribution >= 0.6 is 23.1 Å². The van der Waals surface area contributed by atoms with E-state index in [2.05, 4.69) is 0 Å². The van der Waals surface area contributed by atoms with Crippen LogP contribution in [0.15, 0.2) is 45.5 Å². The highest BCUT2D eigenvalue weighted by Crippen LogP contribution is 2.34. The number of benzene rings is 1. The molecule has 0 saturated carbocycles. The second-order valence-corrected chi connectivity index (χ2v) is 5.70. The quantitative estimate of drug-likeness (QED) is 0.904. The highest BCUT2D eigenvalue weighted by molar-refractivity contribution is 8.01. The summed E-state index contributed by atoms with van der Waals surface area (Å²) in [6.45, 7) is 0.119. The number of hydrogen-bond donors (Lipinski definition) is 1. The van der Waals surface area contributed by atoms with Crippen LogP contribution in [-0.4, -0.2) is 12.2 Å². The molecular weight excluding hydrogens is 240 g/mol. The number of aliphatic hydroxyl groups excluding tert-OH is 1. The molecule has 0 aliphatic heterocycles. The van der Waals surface area contributed by atoms with Gasteiger partial charge in [-0.2, -0.15) is 0 Å². The SMILES string of the molecule is COc1ccc(Sc2ccc(CO)s2)cc1. The van der Waals surface area contributed by atoms with E-state index in [-0.39, 0.29) is 6.61 Å². The first kappa shape index (κ1) is 11.5. The number of rotatable bonds is 4. The summed E-state index contributed by atoms with van der Waals surface area (Å²) in [7, 11) is 1.66. The fourth-order valence-corrected chi connectivity index (χ4v) is 3.27. The van der Waals surface area contributed by atoms with Gasteiger partial charge in [-0.05, 0) is 36.4 Å². The molecule has 2 nitrogen and oxygen atoms in total. The molecule has 16 heavy (non-hydrogen) atoms. The molecule has 0 saturated heterocycles. The molecule has 2 rings (SSSR count). The number of aliphatic hydroxyl groups is 1. The molecule has 0 aliphatic carbocycles. The Morgan fingerprint density at radius 2 is 1.94 bits per heavy atom. The van der Waals surface area contributed by atoms with Crippen LogP contribution in [0, 0.1) is 0 Å². The third-order valence-electron chi connectivity index (χ3n) is 2.07. The lowest BCUT2D eigenvalue weighted by molar-refractivity contribution is 0.285. The van der Waals surface area contributed by atoms with Crippen molar-refractivity contribution in [2.24, 2.45) is 0 Å². The van der Waals surface area contributed by atoms with E-state index in [0.717, 1.165) is 10.6 Å². The van der Waals surface area contributed by atoms with Gasteiger partial charge in [-0.25, -0.2) is 0 Å². The molecule has 1 heterocycles. The van der Waals surface area contributed by atoms with E-state index in [1.165, 1.54) is 9.10 Å². The lowest BCUT2D eigenvalue weighted by Gasteiger charge is -2.01. The van der Waals surface area contributed by atoms with E-state index in [1.54, 1.807) is 30.2 Å². The molecule has 2 aromatic rings. The molecule has 0 atom stereocenters. The molecule has 0 amide bonds. The third-order valence-corrected chi connectivity index (χ3v) is 4.28. The highest BCUT2D eigenvalue weighted by Gasteiger charge is 2.01. The standard InChI is InChI=1S/C12H12O2S2/c1-14-9-2-4-10(5-3-9)15-12-7-6-11(8-13)16-12/h2-7,13H,8H2,1H3. The van der Waals surface area contributed by atoms with Gasteiger partial charge in [-0.1, -0.05) is 11.8 Å². The second-order valence-electron chi connectivity index (χ2n) is 3.16. The number of ether oxygens (including phenoxy) is 1. The molecule has 0 spiro atoms. The second kappa shape index (κ2) is 5.39. The Morgan fingerprint density at radius 3 is 2.50 bits per heavy atom. The van der Waals surface area contributed by atoms with E-state index < -0.39 is 0 Å². The van der Waals surface area contributed by atoms with Crippen molar-refractivity contribution in [2.75, 3.05) is 7.11 Å². The zero-order valence-corrected chi connectivity index (χ0v) is 10.5. The summed E-state index contributed by atoms with van der Waals surface area (Å²) in [5.74, 6) is 0.867. The van der Waals surface area contributed by atoms with Crippen LogP contribution in [0.5, 0.6) is 5.75 Å². The zero-order chi connectivity index (χ0) is 11.4. The molecule has 0 aliphatic rings. The Hall–Kier alpha value is -0.970. The molecule has 0 unspecified atom stereocenters. The molecule has 0 bridgehead atoms. The van der Waals surface area contributed by atoms with Crippen LogP contribution in [0.1, 0.15) is 4.88 Å². The number of thiophene rings is 1. The monoisotopic (exact) mass is 252 g/mol. The first-order chi connectivity index (χ1) is 7.81. The van der Waals surface area contributed by atoms with Gasteiger partial charge in [0, 0.05) is 9.77 Å². The molecule has 0 radical (unpaired) electrons. The maximum absolute atomic E-state index is 8.97. The van der Waals surface area contributed by atoms with Crippen molar-refractivity contribution in [1.82, 2.24) is 0 Å². The fourth-order valence-electron chi connectivity index (χ4n) is 1.26. The maximum atomic E-state index is 8.97. The first-order valence-electron chi connectivity index (χ1n) is 4.83. The number of methoxy groups -OCH3 is 1. The van der Waals surface area contributed by atoms with Gasteiger partial charge in [0.15, 0.2) is 0 Å². The Morgan fingerprint density at radius 1 is 1.19 bits per heavy atom. The Labute approximate surface area is 103 Å². The van der Waals surface area contributed by atoms with Crippen LogP contribution in [0.3, 0.4) is 0 Å². The van der Waals surface area contributed by atoms with Crippen LogP contribution in [0.25, 0.3) is 0 Å². The van der Waals surface area contributed by atoms with Gasteiger partial charge in [-0.3, -0.25) is 0 Å². The summed E-state index contributed by atoms with van der Waals surface area (Å²) < 4.78 is 6.29. The maximum Gasteiger partial charge on any atom is 0.118 e. The summed E-state index contributed by atoms with van der Waals surface area (Å²) in [6, 6.07) is 11.9. The van der Waals surface area contributed by atoms with E-state index in [0.29, 0.717) is 0 Å². The van der Waals surface area contributed by atoms with Gasteiger partial charge in [-0.15, -0.1) is 11.3 Å². The molecule has 1 aromatic carbocycles. The minimum atomic E-state index is 0.119. The van der Waals surface area contributed by atoms with Crippen molar-refractivity contribution in [3.05, 3.63) is 41.3 Å². The van der Waals surface area contributed by atoms with Crippen LogP contribution in [-0.2, 0) is 6.61 Å². The lowest BCUT2D eigenvalue weighted by Crippen LogP contribution is -1.80. The van der Waals surface area contributed by atoms with Crippen molar-refractivity contribution in [3.63, 3.8) is 0 Å². The summed E-state index contributed by atoms with van der Waals surface area (Å²) in [5.41, 5.74) is 0. The fraction of sp³-hybridized carbons (Fsp3) is 0.167. The Balaban J connectivity index is 2.08.